The summed E-state index contributed by atoms with van der Waals surface area (Å²) in [5.74, 6) is -0.966. The number of ether oxygens (including phenoxy) is 1. The zero-order chi connectivity index (χ0) is 75.8. The number of unbranched alkanes of at least 4 members (excludes halogenated alkanes) is 2. The van der Waals surface area contributed by atoms with Gasteiger partial charge in [0.1, 0.15) is 0 Å². The van der Waals surface area contributed by atoms with Crippen molar-refractivity contribution < 1.29 is 45.5 Å². The highest BCUT2D eigenvalue weighted by Crippen LogP contribution is 2.35. The number of carbonyl (C=O) groups excluding carboxylic acids is 3. The van der Waals surface area contributed by atoms with E-state index in [1.54, 1.807) is 126 Å². The third-order valence-corrected chi connectivity index (χ3v) is 18.5. The summed E-state index contributed by atoms with van der Waals surface area (Å²) in [6, 6.07) is 52.1. The molecule has 4 aromatic heterocycles. The maximum absolute atomic E-state index is 13.4. The predicted octanol–water partition coefficient (Wildman–Crippen LogP) is 20.0. The fourth-order valence-electron chi connectivity index (χ4n) is 11.7. The Kier molecular flexibility index (Phi) is 29.7. The third kappa shape index (κ3) is 23.2. The molecule has 0 bridgehead atoms. The van der Waals surface area contributed by atoms with E-state index in [-0.39, 0.29) is 18.6 Å². The van der Waals surface area contributed by atoms with Gasteiger partial charge in [-0.3, -0.25) is 19.4 Å². The lowest BCUT2D eigenvalue weighted by atomic mass is 9.98. The van der Waals surface area contributed by atoms with E-state index in [1.165, 1.54) is 30.1 Å². The summed E-state index contributed by atoms with van der Waals surface area (Å²) in [6.45, 7) is 8.07. The van der Waals surface area contributed by atoms with Crippen molar-refractivity contribution in [3.63, 3.8) is 0 Å². The second kappa shape index (κ2) is 39.1. The topological polar surface area (TPSA) is 187 Å². The Bertz CT molecular complexity index is 4620. The number of nitrogens with zero attached hydrogens (tertiary/aromatic N) is 7. The van der Waals surface area contributed by atoms with Gasteiger partial charge in [-0.05, 0) is 209 Å². The second-order valence-electron chi connectivity index (χ2n) is 24.9. The number of methoxy groups -OCH3 is 1. The number of carbonyl (C=O) groups is 3. The number of alkyl halides is 6. The molecule has 0 aliphatic heterocycles. The van der Waals surface area contributed by atoms with Gasteiger partial charge in [0, 0.05) is 52.1 Å². The molecular weight excluding hydrogens is 1490 g/mol. The van der Waals surface area contributed by atoms with Crippen LogP contribution < -0.4 is 26.6 Å². The molecular formula is C80H80BrCl3F6N12O4. The Morgan fingerprint density at radius 3 is 1.41 bits per heavy atom. The molecule has 0 fully saturated rings. The highest BCUT2D eigenvalue weighted by molar-refractivity contribution is 9.10. The minimum atomic E-state index is -4.48. The van der Waals surface area contributed by atoms with Crippen molar-refractivity contribution in [2.24, 2.45) is 0 Å². The van der Waals surface area contributed by atoms with Crippen molar-refractivity contribution in [1.29, 1.82) is 0 Å². The van der Waals surface area contributed by atoms with Crippen LogP contribution in [0.4, 0.5) is 32.0 Å². The number of aromatic nitrogens is 7. The van der Waals surface area contributed by atoms with E-state index in [0.29, 0.717) is 92.2 Å². The van der Waals surface area contributed by atoms with Crippen molar-refractivity contribution in [2.75, 3.05) is 25.5 Å². The second-order valence-corrected chi connectivity index (χ2v) is 27.1. The summed E-state index contributed by atoms with van der Waals surface area (Å²) >= 11 is 21.4. The summed E-state index contributed by atoms with van der Waals surface area (Å²) in [6.07, 6.45) is 4.68. The fourth-order valence-corrected chi connectivity index (χ4v) is 12.5. The molecule has 0 saturated heterocycles. The number of hydrogen-bond donors (Lipinski definition) is 5. The van der Waals surface area contributed by atoms with Gasteiger partial charge in [0.2, 0.25) is 0 Å². The standard InChI is InChI=1S/C30H30ClF3N4O.C28H27ClF3N5O.C22H23BrClN3O2/c1-21-27(20-36-38(21)26-15-13-25(31)14-16-26)29(39)37-28(23-10-7-11-24(18-23)30(32,33)34)12-5-6-17-35-19-22-8-3-2-4-9-22;1-19-25(18-35-37(19)24-12-10-22(29)11-13-24)27(38)36-26(20-6-4-7-21(16-20)28(30,31)32)9-2-3-15-34-23-8-5-14-33-17-23;1-3-5-20(15-6-4-7-16(23)12-15)26-22(28)19-13-25-27(21(19)14-29-2)18-10-8-17(24)9-11-18/h2-4,7-11,13-16,18,20,28,35H,5-6,12,17,19H2,1H3,(H,37,39);4-8,10-14,16-18,26,34H,2-3,9,15H2,1H3,(H,36,38);4,6-13,20H,3,5,14H2,1-2H3,(H,26,28)/t28-;26-;20-/m000/s1. The van der Waals surface area contributed by atoms with Gasteiger partial charge in [-0.25, -0.2) is 14.0 Å². The normalized spacial score (nSPS) is 12.2. The number of halogens is 10. The number of anilines is 1. The number of benzene rings is 7. The van der Waals surface area contributed by atoms with Crippen molar-refractivity contribution in [3.8, 4) is 17.1 Å². The highest BCUT2D eigenvalue weighted by Gasteiger charge is 2.33. The fraction of sp³-hybridized carbons (Fsp3) is 0.263. The minimum Gasteiger partial charge on any atom is -0.384 e. The molecule has 0 aliphatic rings. The Labute approximate surface area is 635 Å². The molecule has 0 spiro atoms. The van der Waals surface area contributed by atoms with E-state index in [2.05, 4.69) is 69.7 Å². The van der Waals surface area contributed by atoms with E-state index in [1.807, 2.05) is 78.9 Å². The number of hydrogen-bond acceptors (Lipinski definition) is 10. The number of nitrogens with one attached hydrogen (secondary N) is 5. The van der Waals surface area contributed by atoms with Crippen LogP contribution in [0.5, 0.6) is 0 Å². The van der Waals surface area contributed by atoms with Crippen LogP contribution in [0, 0.1) is 13.8 Å². The molecule has 0 radical (unpaired) electrons. The molecule has 3 amide bonds. The van der Waals surface area contributed by atoms with Crippen LogP contribution in [-0.2, 0) is 30.2 Å². The van der Waals surface area contributed by atoms with E-state index >= 15 is 0 Å². The molecule has 0 aliphatic carbocycles. The van der Waals surface area contributed by atoms with E-state index in [0.717, 1.165) is 95.8 Å². The summed E-state index contributed by atoms with van der Waals surface area (Å²) in [5.41, 5.74) is 7.86. The molecule has 26 heteroatoms. The first kappa shape index (κ1) is 80.5. The van der Waals surface area contributed by atoms with Crippen LogP contribution in [0.2, 0.25) is 15.1 Å². The largest absolute Gasteiger partial charge is 0.416 e. The van der Waals surface area contributed by atoms with Gasteiger partial charge < -0.3 is 31.3 Å². The van der Waals surface area contributed by atoms with Crippen molar-refractivity contribution in [2.45, 2.75) is 116 Å². The molecule has 0 saturated carbocycles. The zero-order valence-electron chi connectivity index (χ0n) is 58.5. The van der Waals surface area contributed by atoms with Gasteiger partial charge in [0.05, 0.1) is 111 Å². The Morgan fingerprint density at radius 1 is 0.500 bits per heavy atom. The molecule has 0 unspecified atom stereocenters. The van der Waals surface area contributed by atoms with Gasteiger partial charge >= 0.3 is 12.4 Å². The van der Waals surface area contributed by atoms with Crippen LogP contribution in [0.3, 0.4) is 0 Å². The van der Waals surface area contributed by atoms with Gasteiger partial charge in [-0.15, -0.1) is 0 Å². The van der Waals surface area contributed by atoms with Crippen LogP contribution in [0.15, 0.2) is 224 Å². The molecule has 7 aromatic carbocycles. The molecule has 4 heterocycles. The van der Waals surface area contributed by atoms with E-state index in [4.69, 9.17) is 39.5 Å². The number of amides is 3. The summed E-state index contributed by atoms with van der Waals surface area (Å²) in [7, 11) is 1.60. The van der Waals surface area contributed by atoms with Gasteiger partial charge in [0.15, 0.2) is 0 Å². The van der Waals surface area contributed by atoms with Crippen molar-refractivity contribution in [1.82, 2.24) is 55.6 Å². The van der Waals surface area contributed by atoms with Crippen LogP contribution in [-0.4, -0.2) is 72.2 Å². The van der Waals surface area contributed by atoms with Gasteiger partial charge in [0.25, 0.3) is 17.7 Å². The quantitative estimate of drug-likeness (QED) is 0.0223. The summed E-state index contributed by atoms with van der Waals surface area (Å²) in [5, 5.41) is 30.6. The van der Waals surface area contributed by atoms with Gasteiger partial charge in [-0.1, -0.05) is 131 Å². The SMILES string of the molecule is CCC[C@H](NC(=O)c1cnn(-c2ccc(Cl)cc2)c1COC)c1cccc(Br)c1.Cc1c(C(=O)N[C@@H](CCCCNCc2ccccc2)c2cccc(C(F)(F)F)c2)cnn1-c1ccc(Cl)cc1.Cc1c(C(=O)N[C@@H](CCCCNc2cccnc2)c2cccc(C(F)(F)F)c2)cnn1-c1ccc(Cl)cc1. The molecule has 11 aromatic rings. The smallest absolute Gasteiger partial charge is 0.384 e. The molecule has 106 heavy (non-hydrogen) atoms. The van der Waals surface area contributed by atoms with Crippen LogP contribution in [0.25, 0.3) is 17.1 Å². The first-order chi connectivity index (χ1) is 51.0. The number of pyridine rings is 1. The molecule has 16 nitrogen and oxygen atoms in total. The van der Waals surface area contributed by atoms with Gasteiger partial charge in [-0.2, -0.15) is 41.6 Å². The monoisotopic (exact) mass is 1570 g/mol. The van der Waals surface area contributed by atoms with Crippen molar-refractivity contribution >= 4 is 74.1 Å². The molecule has 554 valence electrons. The van der Waals surface area contributed by atoms with Crippen LogP contribution in [0.1, 0.15) is 158 Å². The highest BCUT2D eigenvalue weighted by atomic mass is 79.9. The van der Waals surface area contributed by atoms with Crippen LogP contribution >= 0.6 is 50.7 Å². The lowest BCUT2D eigenvalue weighted by Crippen LogP contribution is -2.29. The lowest BCUT2D eigenvalue weighted by Gasteiger charge is -2.21. The predicted molar refractivity (Wildman–Crippen MR) is 407 cm³/mol. The Hall–Kier alpha value is -9.62. The molecule has 11 rings (SSSR count). The lowest BCUT2D eigenvalue weighted by molar-refractivity contribution is -0.138. The third-order valence-electron chi connectivity index (χ3n) is 17.3. The van der Waals surface area contributed by atoms with E-state index < -0.39 is 47.4 Å². The minimum absolute atomic E-state index is 0.0840. The average Bonchev–Trinajstić information content (AvgIpc) is 1.64. The maximum Gasteiger partial charge on any atom is 0.416 e. The van der Waals surface area contributed by atoms with Crippen molar-refractivity contribution in [3.05, 3.63) is 306 Å². The average molecular weight is 1570 g/mol. The van der Waals surface area contributed by atoms with E-state index in [9.17, 15) is 40.7 Å². The Balaban J connectivity index is 0.000000186. The summed E-state index contributed by atoms with van der Waals surface area (Å²) in [4.78, 5) is 43.8. The molecule has 3 atom stereocenters. The molecule has 5 N–H and O–H groups in total. The summed E-state index contributed by atoms with van der Waals surface area (Å²) < 4.78 is 91.7. The first-order valence-electron chi connectivity index (χ1n) is 34.3. The first-order valence-corrected chi connectivity index (χ1v) is 36.2. The maximum atomic E-state index is 13.4. The zero-order valence-corrected chi connectivity index (χ0v) is 62.4. The number of rotatable bonds is 29. The Morgan fingerprint density at radius 2 is 0.943 bits per heavy atom.